The molecule has 0 spiro atoms. The number of aromatic amines is 1. The number of aromatic nitrogens is 1. The van der Waals surface area contributed by atoms with E-state index in [1.807, 2.05) is 31.2 Å². The summed E-state index contributed by atoms with van der Waals surface area (Å²) >= 11 is 0. The van der Waals surface area contributed by atoms with E-state index in [0.717, 1.165) is 16.5 Å². The molecule has 0 fully saturated rings. The average molecular weight is 545 g/mol. The van der Waals surface area contributed by atoms with Gasteiger partial charge in [0.1, 0.15) is 18.1 Å². The van der Waals surface area contributed by atoms with Crippen molar-refractivity contribution < 1.29 is 29.1 Å². The van der Waals surface area contributed by atoms with Crippen LogP contribution in [0, 0.1) is 11.8 Å². The molecule has 4 amide bonds. The highest BCUT2D eigenvalue weighted by Crippen LogP contribution is 2.20. The van der Waals surface area contributed by atoms with Crippen LogP contribution in [0.5, 0.6) is 0 Å². The fourth-order valence-corrected chi connectivity index (χ4v) is 4.06. The molecular formula is C27H40N6O6. The van der Waals surface area contributed by atoms with E-state index < -0.39 is 53.8 Å². The van der Waals surface area contributed by atoms with Gasteiger partial charge in [0, 0.05) is 29.9 Å². The molecule has 0 saturated heterocycles. The summed E-state index contributed by atoms with van der Waals surface area (Å²) in [6.07, 6.45) is 1.96. The first-order chi connectivity index (χ1) is 18.3. The zero-order chi connectivity index (χ0) is 29.3. The fraction of sp³-hybridized carbons (Fsp3) is 0.519. The number of para-hydroxylation sites is 1. The number of carbonyl (C=O) groups is 5. The Morgan fingerprint density at radius 1 is 0.949 bits per heavy atom. The van der Waals surface area contributed by atoms with Gasteiger partial charge in [-0.15, -0.1) is 0 Å². The van der Waals surface area contributed by atoms with Gasteiger partial charge in [0.25, 0.3) is 0 Å². The highest BCUT2D eigenvalue weighted by Gasteiger charge is 2.33. The lowest BCUT2D eigenvalue weighted by Gasteiger charge is -2.28. The standard InChI is InChI=1S/C27H40N6O6/c1-5-15(4)23(26(37)31-19(27(38)39)10-11-21(28)34)33-24(35)20(32-25(36)22(29)14(2)3)12-16-13-30-18-9-7-6-8-17(16)18/h6-9,13-15,19-20,22-23,30H,5,10-12,29H2,1-4H3,(H2,28,34)(H,31,37)(H,32,36)(H,33,35)(H,38,39). The van der Waals surface area contributed by atoms with Gasteiger partial charge < -0.3 is 37.5 Å². The average Bonchev–Trinajstić information content (AvgIpc) is 3.30. The Balaban J connectivity index is 2.31. The number of carboxylic acids is 1. The summed E-state index contributed by atoms with van der Waals surface area (Å²) < 4.78 is 0. The first kappa shape index (κ1) is 31.3. The zero-order valence-electron chi connectivity index (χ0n) is 22.8. The molecule has 2 aromatic rings. The number of hydrogen-bond donors (Lipinski definition) is 7. The first-order valence-electron chi connectivity index (χ1n) is 13.1. The number of fused-ring (bicyclic) bond motifs is 1. The van der Waals surface area contributed by atoms with Crippen LogP contribution in [0.25, 0.3) is 10.9 Å². The summed E-state index contributed by atoms with van der Waals surface area (Å²) in [5, 5.41) is 18.2. The normalized spacial score (nSPS) is 15.1. The molecule has 12 heteroatoms. The summed E-state index contributed by atoms with van der Waals surface area (Å²) in [4.78, 5) is 65.5. The number of nitrogens with one attached hydrogen (secondary N) is 4. The van der Waals surface area contributed by atoms with E-state index in [4.69, 9.17) is 11.5 Å². The topological polar surface area (TPSA) is 210 Å². The first-order valence-corrected chi connectivity index (χ1v) is 13.1. The number of hydrogen-bond acceptors (Lipinski definition) is 6. The summed E-state index contributed by atoms with van der Waals surface area (Å²) in [5.41, 5.74) is 12.8. The van der Waals surface area contributed by atoms with Crippen molar-refractivity contribution in [3.63, 3.8) is 0 Å². The van der Waals surface area contributed by atoms with Crippen LogP contribution in [-0.2, 0) is 30.4 Å². The monoisotopic (exact) mass is 544 g/mol. The van der Waals surface area contributed by atoms with E-state index in [9.17, 15) is 29.1 Å². The Labute approximate surface area is 227 Å². The lowest BCUT2D eigenvalue weighted by atomic mass is 9.96. The molecule has 1 aromatic carbocycles. The molecule has 0 radical (unpaired) electrons. The van der Waals surface area contributed by atoms with Gasteiger partial charge in [-0.05, 0) is 29.9 Å². The minimum atomic E-state index is -1.36. The summed E-state index contributed by atoms with van der Waals surface area (Å²) in [5.74, 6) is -4.41. The molecule has 0 aliphatic carbocycles. The van der Waals surface area contributed by atoms with Crippen LogP contribution >= 0.6 is 0 Å². The molecule has 5 atom stereocenters. The lowest BCUT2D eigenvalue weighted by Crippen LogP contribution is -2.59. The number of rotatable bonds is 15. The molecule has 0 bridgehead atoms. The van der Waals surface area contributed by atoms with Crippen molar-refractivity contribution in [1.82, 2.24) is 20.9 Å². The van der Waals surface area contributed by atoms with Crippen LogP contribution in [0.1, 0.15) is 52.5 Å². The van der Waals surface area contributed by atoms with Gasteiger partial charge in [-0.3, -0.25) is 19.2 Å². The van der Waals surface area contributed by atoms with Crippen LogP contribution in [0.2, 0.25) is 0 Å². The summed E-state index contributed by atoms with van der Waals surface area (Å²) in [6, 6.07) is 3.15. The van der Waals surface area contributed by atoms with Gasteiger partial charge >= 0.3 is 5.97 Å². The fourth-order valence-electron chi connectivity index (χ4n) is 4.06. The Bertz CT molecular complexity index is 1180. The number of nitrogens with two attached hydrogens (primary N) is 2. The molecular weight excluding hydrogens is 504 g/mol. The number of amides is 4. The number of aliphatic carboxylic acids is 1. The van der Waals surface area contributed by atoms with Gasteiger partial charge in [-0.1, -0.05) is 52.3 Å². The van der Waals surface area contributed by atoms with Crippen LogP contribution in [0.3, 0.4) is 0 Å². The van der Waals surface area contributed by atoms with Crippen molar-refractivity contribution in [1.29, 1.82) is 0 Å². The summed E-state index contributed by atoms with van der Waals surface area (Å²) in [6.45, 7) is 7.15. The van der Waals surface area contributed by atoms with E-state index in [1.54, 1.807) is 27.0 Å². The maximum absolute atomic E-state index is 13.6. The van der Waals surface area contributed by atoms with Crippen molar-refractivity contribution in [2.75, 3.05) is 0 Å². The predicted octanol–water partition coefficient (Wildman–Crippen LogP) is 0.544. The third-order valence-electron chi connectivity index (χ3n) is 6.84. The van der Waals surface area contributed by atoms with E-state index >= 15 is 0 Å². The van der Waals surface area contributed by atoms with E-state index in [1.165, 1.54) is 0 Å². The van der Waals surface area contributed by atoms with Gasteiger partial charge in [-0.2, -0.15) is 0 Å². The predicted molar refractivity (Wildman–Crippen MR) is 146 cm³/mol. The Hall–Kier alpha value is -3.93. The second-order valence-corrected chi connectivity index (χ2v) is 10.2. The minimum absolute atomic E-state index is 0.123. The van der Waals surface area contributed by atoms with Crippen LogP contribution in [0.4, 0.5) is 0 Å². The SMILES string of the molecule is CCC(C)C(NC(=O)C(Cc1c[nH]c2ccccc12)NC(=O)C(N)C(C)C)C(=O)NC(CCC(N)=O)C(=O)O. The number of H-pyrrole nitrogens is 1. The lowest BCUT2D eigenvalue weighted by molar-refractivity contribution is -0.143. The van der Waals surface area contributed by atoms with Crippen LogP contribution in [0.15, 0.2) is 30.5 Å². The largest absolute Gasteiger partial charge is 0.480 e. The van der Waals surface area contributed by atoms with Crippen molar-refractivity contribution in [3.8, 4) is 0 Å². The van der Waals surface area contributed by atoms with Crippen LogP contribution < -0.4 is 27.4 Å². The van der Waals surface area contributed by atoms with Crippen molar-refractivity contribution >= 4 is 40.5 Å². The number of carbonyl (C=O) groups excluding carboxylic acids is 4. The molecule has 12 nitrogen and oxygen atoms in total. The van der Waals surface area contributed by atoms with Gasteiger partial charge in [-0.25, -0.2) is 4.79 Å². The molecule has 0 saturated carbocycles. The maximum atomic E-state index is 13.6. The second kappa shape index (κ2) is 14.3. The van der Waals surface area contributed by atoms with E-state index in [-0.39, 0.29) is 31.1 Å². The quantitative estimate of drug-likeness (QED) is 0.169. The second-order valence-electron chi connectivity index (χ2n) is 10.2. The Kier molecular flexibility index (Phi) is 11.5. The van der Waals surface area contributed by atoms with Crippen molar-refractivity contribution in [2.24, 2.45) is 23.3 Å². The molecule has 5 unspecified atom stereocenters. The Morgan fingerprint density at radius 2 is 1.59 bits per heavy atom. The zero-order valence-corrected chi connectivity index (χ0v) is 22.8. The van der Waals surface area contributed by atoms with Crippen LogP contribution in [-0.4, -0.2) is 63.9 Å². The van der Waals surface area contributed by atoms with Crippen molar-refractivity contribution in [2.45, 2.75) is 77.5 Å². The molecule has 0 aliphatic heterocycles. The molecule has 2 rings (SSSR count). The van der Waals surface area contributed by atoms with E-state index in [0.29, 0.717) is 6.42 Å². The Morgan fingerprint density at radius 3 is 2.18 bits per heavy atom. The summed E-state index contributed by atoms with van der Waals surface area (Å²) in [7, 11) is 0. The van der Waals surface area contributed by atoms with Gasteiger partial charge in [0.15, 0.2) is 0 Å². The smallest absolute Gasteiger partial charge is 0.326 e. The molecule has 1 aromatic heterocycles. The molecule has 39 heavy (non-hydrogen) atoms. The molecule has 0 aliphatic rings. The number of carboxylic acid groups (broad SMARTS) is 1. The minimum Gasteiger partial charge on any atom is -0.480 e. The highest BCUT2D eigenvalue weighted by molar-refractivity contribution is 5.95. The number of benzene rings is 1. The molecule has 1 heterocycles. The molecule has 214 valence electrons. The third-order valence-corrected chi connectivity index (χ3v) is 6.84. The van der Waals surface area contributed by atoms with Gasteiger partial charge in [0.05, 0.1) is 6.04 Å². The molecule has 9 N–H and O–H groups in total. The number of primary amides is 1. The van der Waals surface area contributed by atoms with Crippen molar-refractivity contribution in [3.05, 3.63) is 36.0 Å². The third kappa shape index (κ3) is 8.81. The highest BCUT2D eigenvalue weighted by atomic mass is 16.4. The maximum Gasteiger partial charge on any atom is 0.326 e. The van der Waals surface area contributed by atoms with E-state index in [2.05, 4.69) is 20.9 Å². The van der Waals surface area contributed by atoms with Gasteiger partial charge in [0.2, 0.25) is 23.6 Å².